The quantitative estimate of drug-likeness (QED) is 0.329. The highest BCUT2D eigenvalue weighted by atomic mass is 19.1. The number of carbonyl (C=O) groups excluding carboxylic acids is 1. The van der Waals surface area contributed by atoms with Crippen LogP contribution in [0.5, 0.6) is 28.7 Å². The second kappa shape index (κ2) is 10.6. The van der Waals surface area contributed by atoms with Crippen LogP contribution in [0.4, 0.5) is 19.3 Å². The first-order valence-electron chi connectivity index (χ1n) is 11.6. The summed E-state index contributed by atoms with van der Waals surface area (Å²) in [6, 6.07) is 12.7. The SMILES string of the molecule is CCOc1cc2nccc(Oc3ccc(NC(=O)NCc4cccc(F)c4)cc3F)c2c2c1OCCO2. The van der Waals surface area contributed by atoms with Crippen LogP contribution in [0.3, 0.4) is 0 Å². The predicted molar refractivity (Wildman–Crippen MR) is 133 cm³/mol. The number of nitrogens with one attached hydrogen (secondary N) is 2. The summed E-state index contributed by atoms with van der Waals surface area (Å²) in [5, 5.41) is 5.67. The van der Waals surface area contributed by atoms with Crippen molar-refractivity contribution in [1.29, 1.82) is 0 Å². The molecule has 8 nitrogen and oxygen atoms in total. The van der Waals surface area contributed by atoms with Crippen molar-refractivity contribution in [2.45, 2.75) is 13.5 Å². The Balaban J connectivity index is 1.34. The number of hydrogen-bond acceptors (Lipinski definition) is 6. The third-order valence-electron chi connectivity index (χ3n) is 5.49. The van der Waals surface area contributed by atoms with Crippen molar-refractivity contribution in [2.75, 3.05) is 25.1 Å². The fraction of sp³-hybridized carbons (Fsp3) is 0.185. The topological polar surface area (TPSA) is 90.9 Å². The summed E-state index contributed by atoms with van der Waals surface area (Å²) < 4.78 is 51.5. The van der Waals surface area contributed by atoms with Gasteiger partial charge in [0.2, 0.25) is 5.75 Å². The number of hydrogen-bond donors (Lipinski definition) is 2. The Morgan fingerprint density at radius 3 is 2.62 bits per heavy atom. The van der Waals surface area contributed by atoms with Gasteiger partial charge in [0.1, 0.15) is 24.8 Å². The first-order valence-corrected chi connectivity index (χ1v) is 11.6. The number of ether oxygens (including phenoxy) is 4. The molecule has 0 fully saturated rings. The normalized spacial score (nSPS) is 12.2. The molecule has 37 heavy (non-hydrogen) atoms. The Bertz CT molecular complexity index is 1460. The van der Waals surface area contributed by atoms with E-state index < -0.39 is 17.7 Å². The number of halogens is 2. The van der Waals surface area contributed by atoms with Gasteiger partial charge in [-0.25, -0.2) is 13.6 Å². The number of nitrogens with zero attached hydrogens (tertiary/aromatic N) is 1. The summed E-state index contributed by atoms with van der Waals surface area (Å²) in [5.41, 5.74) is 1.36. The van der Waals surface area contributed by atoms with Crippen LogP contribution in [0.1, 0.15) is 12.5 Å². The van der Waals surface area contributed by atoms with Crippen LogP contribution in [-0.4, -0.2) is 30.8 Å². The lowest BCUT2D eigenvalue weighted by Gasteiger charge is -2.23. The third-order valence-corrected chi connectivity index (χ3v) is 5.49. The van der Waals surface area contributed by atoms with Crippen molar-refractivity contribution in [2.24, 2.45) is 0 Å². The van der Waals surface area contributed by atoms with Gasteiger partial charge < -0.3 is 29.6 Å². The molecule has 0 bridgehead atoms. The second-order valence-corrected chi connectivity index (χ2v) is 8.05. The summed E-state index contributed by atoms with van der Waals surface area (Å²) in [7, 11) is 0. The first-order chi connectivity index (χ1) is 18.0. The molecule has 0 spiro atoms. The van der Waals surface area contributed by atoms with Gasteiger partial charge in [-0.05, 0) is 42.8 Å². The van der Waals surface area contributed by atoms with Gasteiger partial charge in [-0.15, -0.1) is 0 Å². The van der Waals surface area contributed by atoms with E-state index in [2.05, 4.69) is 15.6 Å². The van der Waals surface area contributed by atoms with Crippen molar-refractivity contribution in [3.05, 3.63) is 78.0 Å². The molecular weight excluding hydrogens is 484 g/mol. The van der Waals surface area contributed by atoms with E-state index in [-0.39, 0.29) is 18.0 Å². The van der Waals surface area contributed by atoms with Crippen molar-refractivity contribution < 1.29 is 32.5 Å². The van der Waals surface area contributed by atoms with E-state index in [4.69, 9.17) is 18.9 Å². The van der Waals surface area contributed by atoms with Crippen LogP contribution in [0.25, 0.3) is 10.9 Å². The lowest BCUT2D eigenvalue weighted by Crippen LogP contribution is -2.28. The number of amides is 2. The average Bonchev–Trinajstić information content (AvgIpc) is 2.89. The minimum absolute atomic E-state index is 0.0578. The maximum Gasteiger partial charge on any atom is 0.319 e. The number of anilines is 1. The van der Waals surface area contributed by atoms with Gasteiger partial charge in [-0.1, -0.05) is 12.1 Å². The summed E-state index contributed by atoms with van der Waals surface area (Å²) >= 11 is 0. The molecule has 0 saturated carbocycles. The number of fused-ring (bicyclic) bond motifs is 3. The number of aromatic nitrogens is 1. The third kappa shape index (κ3) is 5.32. The van der Waals surface area contributed by atoms with Gasteiger partial charge in [0.25, 0.3) is 0 Å². The molecular formula is C27H23F2N3O5. The number of rotatable bonds is 7. The Kier molecular flexibility index (Phi) is 6.89. The van der Waals surface area contributed by atoms with Crippen molar-refractivity contribution in [3.8, 4) is 28.7 Å². The smallest absolute Gasteiger partial charge is 0.319 e. The van der Waals surface area contributed by atoms with Crippen LogP contribution in [0.2, 0.25) is 0 Å². The van der Waals surface area contributed by atoms with Gasteiger partial charge in [-0.3, -0.25) is 4.98 Å². The number of benzene rings is 3. The zero-order valence-corrected chi connectivity index (χ0v) is 19.8. The molecule has 0 unspecified atom stereocenters. The highest BCUT2D eigenvalue weighted by Crippen LogP contribution is 2.48. The second-order valence-electron chi connectivity index (χ2n) is 8.05. The van der Waals surface area contributed by atoms with E-state index in [9.17, 15) is 13.6 Å². The van der Waals surface area contributed by atoms with E-state index in [1.54, 1.807) is 30.5 Å². The molecule has 0 saturated heterocycles. The summed E-state index contributed by atoms with van der Waals surface area (Å²) in [6.07, 6.45) is 1.54. The zero-order valence-electron chi connectivity index (χ0n) is 19.8. The van der Waals surface area contributed by atoms with Gasteiger partial charge in [0.05, 0.1) is 17.5 Å². The Morgan fingerprint density at radius 1 is 1.00 bits per heavy atom. The number of carbonyl (C=O) groups is 1. The lowest BCUT2D eigenvalue weighted by molar-refractivity contribution is 0.165. The molecule has 1 aromatic heterocycles. The zero-order chi connectivity index (χ0) is 25.8. The Morgan fingerprint density at radius 2 is 1.84 bits per heavy atom. The Hall–Kier alpha value is -4.60. The minimum Gasteiger partial charge on any atom is -0.490 e. The van der Waals surface area contributed by atoms with Crippen LogP contribution in [0.15, 0.2) is 60.8 Å². The highest BCUT2D eigenvalue weighted by molar-refractivity contribution is 5.95. The molecule has 0 atom stereocenters. The van der Waals surface area contributed by atoms with Crippen molar-refractivity contribution >= 4 is 22.6 Å². The van der Waals surface area contributed by atoms with Crippen molar-refractivity contribution in [1.82, 2.24) is 10.3 Å². The molecule has 5 rings (SSSR count). The molecule has 3 aromatic carbocycles. The van der Waals surface area contributed by atoms with Crippen LogP contribution < -0.4 is 29.6 Å². The van der Waals surface area contributed by atoms with Gasteiger partial charge in [0.15, 0.2) is 23.1 Å². The molecule has 0 aliphatic carbocycles. The summed E-state index contributed by atoms with van der Waals surface area (Å²) in [6.45, 7) is 3.12. The predicted octanol–water partition coefficient (Wildman–Crippen LogP) is 5.80. The van der Waals surface area contributed by atoms with E-state index in [1.807, 2.05) is 6.92 Å². The number of urea groups is 1. The molecule has 0 radical (unpaired) electrons. The van der Waals surface area contributed by atoms with Gasteiger partial charge >= 0.3 is 6.03 Å². The van der Waals surface area contributed by atoms with E-state index >= 15 is 0 Å². The highest BCUT2D eigenvalue weighted by Gasteiger charge is 2.24. The van der Waals surface area contributed by atoms with Gasteiger partial charge in [-0.2, -0.15) is 0 Å². The monoisotopic (exact) mass is 507 g/mol. The molecule has 1 aliphatic heterocycles. The first kappa shape index (κ1) is 24.1. The fourth-order valence-electron chi connectivity index (χ4n) is 3.91. The summed E-state index contributed by atoms with van der Waals surface area (Å²) in [5.74, 6) is 0.552. The fourth-order valence-corrected chi connectivity index (χ4v) is 3.91. The minimum atomic E-state index is -0.690. The molecule has 2 heterocycles. The molecule has 4 aromatic rings. The largest absolute Gasteiger partial charge is 0.490 e. The van der Waals surface area contributed by atoms with E-state index in [1.165, 1.54) is 24.3 Å². The Labute approximate surface area is 211 Å². The maximum atomic E-state index is 15.0. The molecule has 2 N–H and O–H groups in total. The average molecular weight is 507 g/mol. The summed E-state index contributed by atoms with van der Waals surface area (Å²) in [4.78, 5) is 16.6. The number of pyridine rings is 1. The molecule has 190 valence electrons. The van der Waals surface area contributed by atoms with Crippen molar-refractivity contribution in [3.63, 3.8) is 0 Å². The lowest BCUT2D eigenvalue weighted by atomic mass is 10.1. The van der Waals surface area contributed by atoms with Crippen LogP contribution >= 0.6 is 0 Å². The van der Waals surface area contributed by atoms with Crippen LogP contribution in [-0.2, 0) is 6.54 Å². The molecule has 1 aliphatic rings. The maximum absolute atomic E-state index is 15.0. The van der Waals surface area contributed by atoms with E-state index in [0.717, 1.165) is 6.07 Å². The van der Waals surface area contributed by atoms with Gasteiger partial charge in [0, 0.05) is 30.6 Å². The molecule has 10 heteroatoms. The van der Waals surface area contributed by atoms with Crippen LogP contribution in [0, 0.1) is 11.6 Å². The van der Waals surface area contributed by atoms with E-state index in [0.29, 0.717) is 59.3 Å². The molecule has 2 amide bonds. The standard InChI is InChI=1S/C27H23F2N3O5/c1-2-34-23-14-20-24(26-25(23)35-10-11-36-26)22(8-9-30-20)37-21-7-6-18(13-19(21)29)32-27(33)31-15-16-4-3-5-17(28)12-16/h3-9,12-14H,2,10-11,15H2,1H3,(H2,31,32,33).